The molecule has 0 spiro atoms. The second-order valence-electron chi connectivity index (χ2n) is 18.7. The minimum atomic E-state index is -0.291. The standard InChI is InChI=1S/C56H74N2O8/c1-5-9-13-17-21-38(22-18-14-10-6-2)57-53(60)43-28-25-40-41-26-29-45-50-46(56(63)58(55(45)62)39(23-19-15-11-7-3)24-20-16-12-8-4)37-47(66-36-35-65-34-33-64-32-31-59)51(52(41)50)42-27-30-44(54(57)61)49(43)48(40)42/h25-30,37-39,59H,5-24,31-36H2,1-4H3. The summed E-state index contributed by atoms with van der Waals surface area (Å²) in [5.74, 6) is -0.537. The lowest BCUT2D eigenvalue weighted by molar-refractivity contribution is 0.0248. The van der Waals surface area contributed by atoms with Gasteiger partial charge in [-0.1, -0.05) is 149 Å². The first-order valence-corrected chi connectivity index (χ1v) is 25.7. The summed E-state index contributed by atoms with van der Waals surface area (Å²) in [6.07, 6.45) is 20.2. The Morgan fingerprint density at radius 3 is 1.27 bits per heavy atom. The van der Waals surface area contributed by atoms with Crippen LogP contribution in [0.2, 0.25) is 0 Å². The number of imide groups is 2. The Balaban J connectivity index is 1.35. The van der Waals surface area contributed by atoms with Crippen LogP contribution in [0.25, 0.3) is 43.1 Å². The van der Waals surface area contributed by atoms with E-state index in [4.69, 9.17) is 19.3 Å². The van der Waals surface area contributed by atoms with Gasteiger partial charge in [0.25, 0.3) is 23.6 Å². The highest BCUT2D eigenvalue weighted by Gasteiger charge is 2.41. The van der Waals surface area contributed by atoms with Crippen molar-refractivity contribution in [3.05, 3.63) is 64.7 Å². The molecule has 0 aliphatic carbocycles. The molecule has 356 valence electrons. The summed E-state index contributed by atoms with van der Waals surface area (Å²) in [5, 5.41) is 15.2. The van der Waals surface area contributed by atoms with E-state index >= 15 is 4.79 Å². The van der Waals surface area contributed by atoms with Gasteiger partial charge in [-0.05, 0) is 71.5 Å². The van der Waals surface area contributed by atoms with Gasteiger partial charge in [-0.3, -0.25) is 29.0 Å². The lowest BCUT2D eigenvalue weighted by Crippen LogP contribution is -2.47. The molecular formula is C56H74N2O8. The van der Waals surface area contributed by atoms with Gasteiger partial charge in [0.2, 0.25) is 0 Å². The van der Waals surface area contributed by atoms with Crippen LogP contribution in [0.5, 0.6) is 5.75 Å². The highest BCUT2D eigenvalue weighted by Crippen LogP contribution is 2.50. The average Bonchev–Trinajstić information content (AvgIpc) is 3.32. The number of nitrogens with zero attached hydrogens (tertiary/aromatic N) is 2. The first-order valence-electron chi connectivity index (χ1n) is 25.7. The zero-order chi connectivity index (χ0) is 46.6. The van der Waals surface area contributed by atoms with Crippen molar-refractivity contribution in [2.24, 2.45) is 0 Å². The van der Waals surface area contributed by atoms with E-state index in [9.17, 15) is 14.4 Å². The molecule has 2 aliphatic rings. The van der Waals surface area contributed by atoms with Gasteiger partial charge in [-0.2, -0.15) is 0 Å². The average molecular weight is 903 g/mol. The molecule has 2 aliphatic heterocycles. The summed E-state index contributed by atoms with van der Waals surface area (Å²) in [5.41, 5.74) is 2.00. The third kappa shape index (κ3) is 10.3. The van der Waals surface area contributed by atoms with E-state index in [1.54, 1.807) is 9.80 Å². The van der Waals surface area contributed by atoms with Crippen molar-refractivity contribution in [1.82, 2.24) is 9.80 Å². The zero-order valence-electron chi connectivity index (χ0n) is 40.3. The Labute approximate surface area is 392 Å². The maximum Gasteiger partial charge on any atom is 0.261 e. The van der Waals surface area contributed by atoms with Gasteiger partial charge in [0, 0.05) is 50.3 Å². The quantitative estimate of drug-likeness (QED) is 0.0202. The van der Waals surface area contributed by atoms with Crippen LogP contribution in [-0.2, 0) is 9.47 Å². The molecule has 0 saturated carbocycles. The summed E-state index contributed by atoms with van der Waals surface area (Å²) < 4.78 is 17.9. The molecule has 10 nitrogen and oxygen atoms in total. The number of carbonyl (C=O) groups is 4. The summed E-state index contributed by atoms with van der Waals surface area (Å²) in [6, 6.07) is 13.0. The van der Waals surface area contributed by atoms with Gasteiger partial charge >= 0.3 is 0 Å². The number of ether oxygens (including phenoxy) is 3. The van der Waals surface area contributed by atoms with Crippen LogP contribution < -0.4 is 4.74 Å². The number of unbranched alkanes of at least 4 members (excludes halogenated alkanes) is 12. The molecule has 0 unspecified atom stereocenters. The van der Waals surface area contributed by atoms with Crippen molar-refractivity contribution < 1.29 is 38.5 Å². The number of hydrogen-bond donors (Lipinski definition) is 1. The number of carbonyl (C=O) groups excluding carboxylic acids is 4. The first-order chi connectivity index (χ1) is 32.3. The Hall–Kier alpha value is -4.64. The van der Waals surface area contributed by atoms with Crippen molar-refractivity contribution in [1.29, 1.82) is 0 Å². The van der Waals surface area contributed by atoms with E-state index in [1.165, 1.54) is 0 Å². The Morgan fingerprint density at radius 1 is 0.424 bits per heavy atom. The summed E-state index contributed by atoms with van der Waals surface area (Å²) in [4.78, 5) is 62.7. The molecule has 0 radical (unpaired) electrons. The summed E-state index contributed by atoms with van der Waals surface area (Å²) in [6.45, 7) is 10.0. The number of fused-ring (bicyclic) bond motifs is 2. The molecule has 0 saturated heterocycles. The monoisotopic (exact) mass is 903 g/mol. The van der Waals surface area contributed by atoms with Crippen molar-refractivity contribution in [2.75, 3.05) is 39.6 Å². The van der Waals surface area contributed by atoms with E-state index in [-0.39, 0.29) is 62.1 Å². The molecule has 7 rings (SSSR count). The minimum absolute atomic E-state index is 0.0572. The maximum absolute atomic E-state index is 15.1. The molecule has 0 atom stereocenters. The second-order valence-corrected chi connectivity index (χ2v) is 18.7. The number of hydrogen-bond acceptors (Lipinski definition) is 8. The van der Waals surface area contributed by atoms with Crippen molar-refractivity contribution >= 4 is 66.7 Å². The molecule has 2 heterocycles. The predicted molar refractivity (Wildman–Crippen MR) is 265 cm³/mol. The third-order valence-electron chi connectivity index (χ3n) is 14.2. The minimum Gasteiger partial charge on any atom is -0.490 e. The number of benzene rings is 5. The fourth-order valence-electron chi connectivity index (χ4n) is 10.8. The SMILES string of the molecule is CCCCCCC(CCCCCC)N1C(=O)c2ccc3c4ccc5c6c(cc(OCCOCCOCCO)c(c7ccc(c2c37)C1=O)c64)C(=O)N(C(CCCCCC)CCCCCC)C5=O. The lowest BCUT2D eigenvalue weighted by Gasteiger charge is -2.36. The van der Waals surface area contributed by atoms with Crippen LogP contribution in [0.15, 0.2) is 42.5 Å². The highest BCUT2D eigenvalue weighted by atomic mass is 16.5. The fraction of sp³-hybridized carbons (Fsp3) is 0.571. The molecule has 10 heteroatoms. The molecule has 0 aromatic heterocycles. The van der Waals surface area contributed by atoms with Crippen LogP contribution in [0.3, 0.4) is 0 Å². The Bertz CT molecular complexity index is 2410. The van der Waals surface area contributed by atoms with Gasteiger partial charge in [0.15, 0.2) is 0 Å². The molecule has 4 amide bonds. The number of amides is 4. The second kappa shape index (κ2) is 23.9. The van der Waals surface area contributed by atoms with Crippen LogP contribution in [-0.4, -0.2) is 90.3 Å². The molecule has 66 heavy (non-hydrogen) atoms. The van der Waals surface area contributed by atoms with Crippen molar-refractivity contribution in [2.45, 2.75) is 168 Å². The normalized spacial score (nSPS) is 14.0. The van der Waals surface area contributed by atoms with Crippen molar-refractivity contribution in [3.63, 3.8) is 0 Å². The molecule has 0 fully saturated rings. The smallest absolute Gasteiger partial charge is 0.261 e. The van der Waals surface area contributed by atoms with E-state index in [1.807, 2.05) is 42.5 Å². The van der Waals surface area contributed by atoms with E-state index < -0.39 is 0 Å². The molecular weight excluding hydrogens is 829 g/mol. The van der Waals surface area contributed by atoms with Gasteiger partial charge in [-0.25, -0.2) is 0 Å². The van der Waals surface area contributed by atoms with Gasteiger partial charge < -0.3 is 19.3 Å². The van der Waals surface area contributed by atoms with E-state index in [0.717, 1.165) is 161 Å². The van der Waals surface area contributed by atoms with Gasteiger partial charge in [0.1, 0.15) is 12.4 Å². The Morgan fingerprint density at radius 2 is 0.818 bits per heavy atom. The zero-order valence-corrected chi connectivity index (χ0v) is 40.3. The number of rotatable bonds is 31. The molecule has 1 N–H and O–H groups in total. The van der Waals surface area contributed by atoms with Crippen LogP contribution >= 0.6 is 0 Å². The van der Waals surface area contributed by atoms with Gasteiger partial charge in [0.05, 0.1) is 38.6 Å². The van der Waals surface area contributed by atoms with Gasteiger partial charge in [-0.15, -0.1) is 0 Å². The van der Waals surface area contributed by atoms with Crippen LogP contribution in [0, 0.1) is 0 Å². The molecule has 5 aromatic carbocycles. The largest absolute Gasteiger partial charge is 0.490 e. The number of aliphatic hydroxyl groups excluding tert-OH is 1. The summed E-state index contributed by atoms with van der Waals surface area (Å²) >= 11 is 0. The van der Waals surface area contributed by atoms with Crippen molar-refractivity contribution in [3.8, 4) is 5.75 Å². The Kier molecular flexibility index (Phi) is 17.8. The first kappa shape index (κ1) is 49.3. The lowest BCUT2D eigenvalue weighted by atomic mass is 9.81. The summed E-state index contributed by atoms with van der Waals surface area (Å²) in [7, 11) is 0. The topological polar surface area (TPSA) is 123 Å². The van der Waals surface area contributed by atoms with E-state index in [2.05, 4.69) is 27.7 Å². The van der Waals surface area contributed by atoms with E-state index in [0.29, 0.717) is 52.0 Å². The fourth-order valence-corrected chi connectivity index (χ4v) is 10.8. The molecule has 0 bridgehead atoms. The number of aliphatic hydroxyl groups is 1. The maximum atomic E-state index is 15.1. The third-order valence-corrected chi connectivity index (χ3v) is 14.2. The molecule has 5 aromatic rings. The highest BCUT2D eigenvalue weighted by molar-refractivity contribution is 6.42. The predicted octanol–water partition coefficient (Wildman–Crippen LogP) is 13.0. The van der Waals surface area contributed by atoms with Crippen LogP contribution in [0.1, 0.15) is 198 Å². The van der Waals surface area contributed by atoms with Crippen LogP contribution in [0.4, 0.5) is 0 Å².